The third-order valence-corrected chi connectivity index (χ3v) is 2.61. The highest BCUT2D eigenvalue weighted by Gasteiger charge is 1.96. The summed E-state index contributed by atoms with van der Waals surface area (Å²) in [6.45, 7) is 0. The normalized spacial score (nSPS) is 11.3. The summed E-state index contributed by atoms with van der Waals surface area (Å²) in [5.74, 6) is 0. The standard InChI is InChI=1S/C15H11NO/c1-2-9-16-14(3-1)6-4-12-5-7-15-13(11-12)8-10-17-15/h1-11H/b6-4+. The molecular weight excluding hydrogens is 210 g/mol. The van der Waals surface area contributed by atoms with Gasteiger partial charge in [0.25, 0.3) is 0 Å². The molecule has 0 saturated carbocycles. The van der Waals surface area contributed by atoms with Crippen LogP contribution < -0.4 is 0 Å². The fraction of sp³-hybridized carbons (Fsp3) is 0. The average molecular weight is 221 g/mol. The van der Waals surface area contributed by atoms with E-state index in [1.165, 1.54) is 0 Å². The molecule has 0 fully saturated rings. The van der Waals surface area contributed by atoms with Crippen LogP contribution in [-0.4, -0.2) is 4.98 Å². The summed E-state index contributed by atoms with van der Waals surface area (Å²) >= 11 is 0. The van der Waals surface area contributed by atoms with Gasteiger partial charge < -0.3 is 4.42 Å². The van der Waals surface area contributed by atoms with Gasteiger partial charge in [0.1, 0.15) is 5.58 Å². The van der Waals surface area contributed by atoms with Gasteiger partial charge in [0.2, 0.25) is 0 Å². The highest BCUT2D eigenvalue weighted by molar-refractivity contribution is 5.81. The molecule has 0 spiro atoms. The van der Waals surface area contributed by atoms with Gasteiger partial charge in [-0.3, -0.25) is 4.98 Å². The van der Waals surface area contributed by atoms with Gasteiger partial charge in [0.15, 0.2) is 0 Å². The van der Waals surface area contributed by atoms with E-state index in [1.807, 2.05) is 42.5 Å². The summed E-state index contributed by atoms with van der Waals surface area (Å²) < 4.78 is 5.30. The maximum Gasteiger partial charge on any atom is 0.133 e. The van der Waals surface area contributed by atoms with Crippen LogP contribution in [0, 0.1) is 0 Å². The minimum absolute atomic E-state index is 0.917. The Morgan fingerprint density at radius 1 is 1.00 bits per heavy atom. The molecule has 0 N–H and O–H groups in total. The van der Waals surface area contributed by atoms with Gasteiger partial charge in [0.05, 0.1) is 12.0 Å². The van der Waals surface area contributed by atoms with Crippen LogP contribution in [0.1, 0.15) is 11.3 Å². The second-order valence-electron chi connectivity index (χ2n) is 3.81. The Kier molecular flexibility index (Phi) is 2.47. The van der Waals surface area contributed by atoms with E-state index in [0.29, 0.717) is 0 Å². The zero-order valence-corrected chi connectivity index (χ0v) is 9.21. The van der Waals surface area contributed by atoms with Crippen LogP contribution >= 0.6 is 0 Å². The third-order valence-electron chi connectivity index (χ3n) is 2.61. The van der Waals surface area contributed by atoms with Crippen molar-refractivity contribution >= 4 is 23.1 Å². The molecule has 0 unspecified atom stereocenters. The summed E-state index contributed by atoms with van der Waals surface area (Å²) in [5.41, 5.74) is 3.02. The predicted molar refractivity (Wildman–Crippen MR) is 69.4 cm³/mol. The number of nitrogens with zero attached hydrogens (tertiary/aromatic N) is 1. The zero-order valence-electron chi connectivity index (χ0n) is 9.21. The molecule has 0 aliphatic rings. The molecule has 0 aliphatic carbocycles. The number of benzene rings is 1. The number of furan rings is 1. The van der Waals surface area contributed by atoms with E-state index in [-0.39, 0.29) is 0 Å². The molecule has 3 aromatic rings. The fourth-order valence-corrected chi connectivity index (χ4v) is 1.74. The second-order valence-corrected chi connectivity index (χ2v) is 3.81. The molecule has 0 bridgehead atoms. The third kappa shape index (κ3) is 2.11. The van der Waals surface area contributed by atoms with Crippen LogP contribution in [-0.2, 0) is 0 Å². The number of pyridine rings is 1. The molecule has 3 rings (SSSR count). The Morgan fingerprint density at radius 2 is 2.00 bits per heavy atom. The van der Waals surface area contributed by atoms with Crippen molar-refractivity contribution in [1.82, 2.24) is 4.98 Å². The molecule has 2 nitrogen and oxygen atoms in total. The number of hydrogen-bond acceptors (Lipinski definition) is 2. The number of hydrogen-bond donors (Lipinski definition) is 0. The molecule has 2 heteroatoms. The van der Waals surface area contributed by atoms with Crippen molar-refractivity contribution in [3.8, 4) is 0 Å². The Labute approximate surface area is 99.2 Å². The number of aromatic nitrogens is 1. The van der Waals surface area contributed by atoms with Crippen LogP contribution in [0.15, 0.2) is 59.3 Å². The first-order valence-electron chi connectivity index (χ1n) is 5.48. The highest BCUT2D eigenvalue weighted by Crippen LogP contribution is 2.18. The van der Waals surface area contributed by atoms with E-state index >= 15 is 0 Å². The smallest absolute Gasteiger partial charge is 0.133 e. The highest BCUT2D eigenvalue weighted by atomic mass is 16.3. The van der Waals surface area contributed by atoms with E-state index in [0.717, 1.165) is 22.2 Å². The molecule has 0 amide bonds. The van der Waals surface area contributed by atoms with Gasteiger partial charge in [-0.1, -0.05) is 18.2 Å². The van der Waals surface area contributed by atoms with Crippen molar-refractivity contribution in [1.29, 1.82) is 0 Å². The molecule has 17 heavy (non-hydrogen) atoms. The molecule has 0 atom stereocenters. The van der Waals surface area contributed by atoms with E-state index in [1.54, 1.807) is 12.5 Å². The van der Waals surface area contributed by atoms with Gasteiger partial charge in [-0.05, 0) is 42.0 Å². The van der Waals surface area contributed by atoms with Crippen molar-refractivity contribution in [2.24, 2.45) is 0 Å². The van der Waals surface area contributed by atoms with Crippen LogP contribution in [0.3, 0.4) is 0 Å². The summed E-state index contributed by atoms with van der Waals surface area (Å²) in [4.78, 5) is 4.24. The maximum atomic E-state index is 5.30. The Hall–Kier alpha value is -2.35. The Morgan fingerprint density at radius 3 is 2.88 bits per heavy atom. The first-order valence-corrected chi connectivity index (χ1v) is 5.48. The Balaban J connectivity index is 1.92. The van der Waals surface area contributed by atoms with E-state index in [9.17, 15) is 0 Å². The lowest BCUT2D eigenvalue weighted by molar-refractivity contribution is 0.616. The maximum absolute atomic E-state index is 5.30. The van der Waals surface area contributed by atoms with Crippen LogP contribution in [0.2, 0.25) is 0 Å². The van der Waals surface area contributed by atoms with E-state index < -0.39 is 0 Å². The van der Waals surface area contributed by atoms with Gasteiger partial charge in [-0.15, -0.1) is 0 Å². The first kappa shape index (κ1) is 9.85. The second kappa shape index (κ2) is 4.26. The van der Waals surface area contributed by atoms with Crippen LogP contribution in [0.5, 0.6) is 0 Å². The first-order chi connectivity index (χ1) is 8.42. The van der Waals surface area contributed by atoms with Gasteiger partial charge in [-0.25, -0.2) is 0 Å². The van der Waals surface area contributed by atoms with E-state index in [2.05, 4.69) is 17.1 Å². The quantitative estimate of drug-likeness (QED) is 0.653. The molecule has 0 radical (unpaired) electrons. The lowest BCUT2D eigenvalue weighted by atomic mass is 10.1. The SMILES string of the molecule is C(=C\c1ccccn1)/c1ccc2occc2c1. The summed E-state index contributed by atoms with van der Waals surface area (Å²) in [5, 5.41) is 1.12. The van der Waals surface area contributed by atoms with Gasteiger partial charge in [-0.2, -0.15) is 0 Å². The average Bonchev–Trinajstić information content (AvgIpc) is 2.85. The fourth-order valence-electron chi connectivity index (χ4n) is 1.74. The minimum Gasteiger partial charge on any atom is -0.464 e. The van der Waals surface area contributed by atoms with Crippen molar-refractivity contribution in [3.63, 3.8) is 0 Å². The zero-order chi connectivity index (χ0) is 11.5. The summed E-state index contributed by atoms with van der Waals surface area (Å²) in [6.07, 6.45) is 7.55. The molecule has 1 aromatic carbocycles. The van der Waals surface area contributed by atoms with Crippen molar-refractivity contribution in [3.05, 3.63) is 66.2 Å². The van der Waals surface area contributed by atoms with Crippen LogP contribution in [0.4, 0.5) is 0 Å². The van der Waals surface area contributed by atoms with Crippen molar-refractivity contribution in [2.45, 2.75) is 0 Å². The number of rotatable bonds is 2. The van der Waals surface area contributed by atoms with Gasteiger partial charge in [0, 0.05) is 11.6 Å². The molecule has 0 saturated heterocycles. The lowest BCUT2D eigenvalue weighted by Gasteiger charge is -1.94. The van der Waals surface area contributed by atoms with Crippen molar-refractivity contribution in [2.75, 3.05) is 0 Å². The molecule has 82 valence electrons. The molecular formula is C15H11NO. The Bertz CT molecular complexity index is 653. The molecule has 0 aliphatic heterocycles. The molecule has 2 aromatic heterocycles. The van der Waals surface area contributed by atoms with E-state index in [4.69, 9.17) is 4.42 Å². The predicted octanol–water partition coefficient (Wildman–Crippen LogP) is 4.00. The largest absolute Gasteiger partial charge is 0.464 e. The monoisotopic (exact) mass is 221 g/mol. The minimum atomic E-state index is 0.917. The number of fused-ring (bicyclic) bond motifs is 1. The van der Waals surface area contributed by atoms with Gasteiger partial charge >= 0.3 is 0 Å². The van der Waals surface area contributed by atoms with Crippen LogP contribution in [0.25, 0.3) is 23.1 Å². The lowest BCUT2D eigenvalue weighted by Crippen LogP contribution is -1.76. The topological polar surface area (TPSA) is 26.0 Å². The summed E-state index contributed by atoms with van der Waals surface area (Å²) in [6, 6.07) is 13.9. The molecule has 2 heterocycles. The summed E-state index contributed by atoms with van der Waals surface area (Å²) in [7, 11) is 0. The van der Waals surface area contributed by atoms with Crippen molar-refractivity contribution < 1.29 is 4.42 Å².